The van der Waals surface area contributed by atoms with Gasteiger partial charge in [-0.3, -0.25) is 0 Å². The van der Waals surface area contributed by atoms with E-state index in [2.05, 4.69) is 21.3 Å². The molecule has 0 amide bonds. The minimum atomic E-state index is -0.219. The van der Waals surface area contributed by atoms with Gasteiger partial charge in [-0.05, 0) is 6.92 Å². The van der Waals surface area contributed by atoms with Crippen LogP contribution in [0.3, 0.4) is 0 Å². The maximum Gasteiger partial charge on any atom is 0.210 e. The van der Waals surface area contributed by atoms with Crippen molar-refractivity contribution in [1.29, 1.82) is 5.26 Å². The van der Waals surface area contributed by atoms with Gasteiger partial charge in [-0.2, -0.15) is 5.26 Å². The fraction of sp³-hybridized carbons (Fsp3) is 0.111. The predicted octanol–water partition coefficient (Wildman–Crippen LogP) is 4.21. The van der Waals surface area contributed by atoms with Gasteiger partial charge in [0.05, 0.1) is 11.3 Å². The van der Waals surface area contributed by atoms with E-state index in [1.807, 2.05) is 67.6 Å². The molecule has 0 aliphatic rings. The molecule has 0 N–H and O–H groups in total. The molecule has 2 aromatic carbocycles. The first-order valence-corrected chi connectivity index (χ1v) is 8.07. The van der Waals surface area contributed by atoms with Crippen molar-refractivity contribution in [2.75, 3.05) is 0 Å². The van der Waals surface area contributed by atoms with Crippen LogP contribution in [0.4, 0.5) is 0 Å². The smallest absolute Gasteiger partial charge is 0.210 e. The fourth-order valence-electron chi connectivity index (χ4n) is 2.13. The van der Waals surface area contributed by atoms with E-state index in [0.29, 0.717) is 5.16 Å². The van der Waals surface area contributed by atoms with Crippen molar-refractivity contribution in [3.05, 3.63) is 60.7 Å². The quantitative estimate of drug-likeness (QED) is 0.674. The van der Waals surface area contributed by atoms with Gasteiger partial charge in [0.2, 0.25) is 5.16 Å². The van der Waals surface area contributed by atoms with Crippen LogP contribution in [0.15, 0.2) is 65.8 Å². The highest BCUT2D eigenvalue weighted by Crippen LogP contribution is 2.30. The third-order valence-electron chi connectivity index (χ3n) is 3.23. The summed E-state index contributed by atoms with van der Waals surface area (Å²) in [5.74, 6) is 0. The van der Waals surface area contributed by atoms with E-state index in [9.17, 15) is 0 Å². The molecule has 112 valence electrons. The highest BCUT2D eigenvalue weighted by Gasteiger charge is 2.15. The lowest BCUT2D eigenvalue weighted by Crippen LogP contribution is -2.01. The van der Waals surface area contributed by atoms with Gasteiger partial charge in [-0.15, -0.1) is 10.2 Å². The Morgan fingerprint density at radius 1 is 0.870 bits per heavy atom. The van der Waals surface area contributed by atoms with Crippen LogP contribution in [0.1, 0.15) is 6.92 Å². The number of aromatic nitrogens is 3. The molecule has 3 aromatic rings. The van der Waals surface area contributed by atoms with E-state index in [1.54, 1.807) is 0 Å². The van der Waals surface area contributed by atoms with Crippen molar-refractivity contribution in [1.82, 2.24) is 15.2 Å². The van der Waals surface area contributed by atoms with E-state index in [0.717, 1.165) is 22.5 Å². The SMILES string of the molecule is C[C@@H](C#N)Sc1nnc(-c2ccccc2)c(-c2ccccc2)n1. The van der Waals surface area contributed by atoms with Crippen molar-refractivity contribution in [3.8, 4) is 28.6 Å². The van der Waals surface area contributed by atoms with E-state index >= 15 is 0 Å². The summed E-state index contributed by atoms with van der Waals surface area (Å²) >= 11 is 1.31. The maximum absolute atomic E-state index is 8.97. The highest BCUT2D eigenvalue weighted by molar-refractivity contribution is 7.99. The monoisotopic (exact) mass is 318 g/mol. The Bertz CT molecular complexity index is 829. The van der Waals surface area contributed by atoms with Crippen LogP contribution in [0.5, 0.6) is 0 Å². The largest absolute Gasteiger partial charge is 0.219 e. The van der Waals surface area contributed by atoms with Gasteiger partial charge in [0.15, 0.2) is 0 Å². The lowest BCUT2D eigenvalue weighted by atomic mass is 10.0. The molecular weight excluding hydrogens is 304 g/mol. The molecule has 0 fully saturated rings. The van der Waals surface area contributed by atoms with Crippen molar-refractivity contribution in [3.63, 3.8) is 0 Å². The van der Waals surface area contributed by atoms with Crippen LogP contribution in [0.25, 0.3) is 22.5 Å². The second-order valence-electron chi connectivity index (χ2n) is 4.91. The van der Waals surface area contributed by atoms with E-state index in [4.69, 9.17) is 5.26 Å². The molecule has 0 radical (unpaired) electrons. The maximum atomic E-state index is 8.97. The van der Waals surface area contributed by atoms with Gasteiger partial charge in [0, 0.05) is 11.1 Å². The van der Waals surface area contributed by atoms with Crippen molar-refractivity contribution in [2.45, 2.75) is 17.3 Å². The van der Waals surface area contributed by atoms with Gasteiger partial charge < -0.3 is 0 Å². The number of rotatable bonds is 4. The van der Waals surface area contributed by atoms with Crippen molar-refractivity contribution in [2.24, 2.45) is 0 Å². The van der Waals surface area contributed by atoms with E-state index in [1.165, 1.54) is 11.8 Å². The summed E-state index contributed by atoms with van der Waals surface area (Å²) < 4.78 is 0. The molecule has 23 heavy (non-hydrogen) atoms. The molecule has 3 rings (SSSR count). The second-order valence-corrected chi connectivity index (χ2v) is 6.22. The number of hydrogen-bond donors (Lipinski definition) is 0. The zero-order valence-corrected chi connectivity index (χ0v) is 13.4. The van der Waals surface area contributed by atoms with Gasteiger partial charge in [0.1, 0.15) is 11.4 Å². The highest BCUT2D eigenvalue weighted by atomic mass is 32.2. The Morgan fingerprint density at radius 3 is 2.00 bits per heavy atom. The number of thioether (sulfide) groups is 1. The molecule has 4 nitrogen and oxygen atoms in total. The van der Waals surface area contributed by atoms with Crippen molar-refractivity contribution >= 4 is 11.8 Å². The molecule has 0 bridgehead atoms. The number of nitrogens with zero attached hydrogens (tertiary/aromatic N) is 4. The third kappa shape index (κ3) is 3.55. The second kappa shape index (κ2) is 7.03. The molecule has 1 aromatic heterocycles. The molecule has 0 unspecified atom stereocenters. The van der Waals surface area contributed by atoms with Crippen LogP contribution in [-0.4, -0.2) is 20.4 Å². The van der Waals surface area contributed by atoms with Crippen molar-refractivity contribution < 1.29 is 0 Å². The predicted molar refractivity (Wildman–Crippen MR) is 91.6 cm³/mol. The average Bonchev–Trinajstić information content (AvgIpc) is 2.63. The summed E-state index contributed by atoms with van der Waals surface area (Å²) in [7, 11) is 0. The van der Waals surface area contributed by atoms with Gasteiger partial charge in [-0.25, -0.2) is 4.98 Å². The van der Waals surface area contributed by atoms with Crippen LogP contribution in [0.2, 0.25) is 0 Å². The standard InChI is InChI=1S/C18H14N4S/c1-13(12-19)23-18-20-16(14-8-4-2-5-9-14)17(21-22-18)15-10-6-3-7-11-15/h2-11,13H,1H3/t13-/m0/s1. The molecule has 0 spiro atoms. The minimum Gasteiger partial charge on any atom is -0.219 e. The molecule has 1 atom stereocenters. The van der Waals surface area contributed by atoms with E-state index < -0.39 is 0 Å². The first-order chi connectivity index (χ1) is 11.3. The van der Waals surface area contributed by atoms with Crippen LogP contribution in [-0.2, 0) is 0 Å². The number of hydrogen-bond acceptors (Lipinski definition) is 5. The van der Waals surface area contributed by atoms with Crippen LogP contribution >= 0.6 is 11.8 Å². The summed E-state index contributed by atoms with van der Waals surface area (Å²) in [6, 6.07) is 21.9. The lowest BCUT2D eigenvalue weighted by Gasteiger charge is -2.09. The Labute approximate surface area is 139 Å². The first kappa shape index (κ1) is 15.2. The fourth-order valence-corrected chi connectivity index (χ4v) is 2.73. The zero-order chi connectivity index (χ0) is 16.1. The lowest BCUT2D eigenvalue weighted by molar-refractivity contribution is 0.848. The average molecular weight is 318 g/mol. The molecule has 1 heterocycles. The Hall–Kier alpha value is -2.71. The topological polar surface area (TPSA) is 62.5 Å². The molecule has 0 saturated heterocycles. The summed E-state index contributed by atoms with van der Waals surface area (Å²) in [6.45, 7) is 1.82. The third-order valence-corrected chi connectivity index (χ3v) is 4.07. The molecular formula is C18H14N4S. The number of nitriles is 1. The summed E-state index contributed by atoms with van der Waals surface area (Å²) in [4.78, 5) is 4.65. The normalized spacial score (nSPS) is 11.7. The van der Waals surface area contributed by atoms with Gasteiger partial charge in [0.25, 0.3) is 0 Å². The van der Waals surface area contributed by atoms with E-state index in [-0.39, 0.29) is 5.25 Å². The Kier molecular flexibility index (Phi) is 4.65. The van der Waals surface area contributed by atoms with Crippen LogP contribution in [0, 0.1) is 11.3 Å². The summed E-state index contributed by atoms with van der Waals surface area (Å²) in [5, 5.41) is 17.8. The Morgan fingerprint density at radius 2 is 1.43 bits per heavy atom. The summed E-state index contributed by atoms with van der Waals surface area (Å²) in [6.07, 6.45) is 0. The molecule has 0 aliphatic heterocycles. The molecule has 0 saturated carbocycles. The van der Waals surface area contributed by atoms with Gasteiger partial charge in [-0.1, -0.05) is 72.4 Å². The molecule has 5 heteroatoms. The summed E-state index contributed by atoms with van der Waals surface area (Å²) in [5.41, 5.74) is 3.47. The van der Waals surface area contributed by atoms with Crippen LogP contribution < -0.4 is 0 Å². The number of benzene rings is 2. The minimum absolute atomic E-state index is 0.219. The Balaban J connectivity index is 2.11. The molecule has 0 aliphatic carbocycles. The van der Waals surface area contributed by atoms with Gasteiger partial charge >= 0.3 is 0 Å². The zero-order valence-electron chi connectivity index (χ0n) is 12.5. The first-order valence-electron chi connectivity index (χ1n) is 7.20.